The van der Waals surface area contributed by atoms with Crippen molar-refractivity contribution >= 4 is 34.5 Å². The molecule has 0 bridgehead atoms. The van der Waals surface area contributed by atoms with E-state index in [0.29, 0.717) is 4.88 Å². The lowest BCUT2D eigenvalue weighted by atomic mass is 9.97. The zero-order valence-electron chi connectivity index (χ0n) is 18.4. The highest BCUT2D eigenvalue weighted by Gasteiger charge is 2.48. The van der Waals surface area contributed by atoms with Crippen molar-refractivity contribution in [2.45, 2.75) is 26.1 Å². The van der Waals surface area contributed by atoms with Gasteiger partial charge in [0.25, 0.3) is 11.7 Å². The Balaban J connectivity index is 1.99. The number of ketones is 1. The van der Waals surface area contributed by atoms with Gasteiger partial charge in [-0.1, -0.05) is 17.7 Å². The van der Waals surface area contributed by atoms with E-state index in [1.54, 1.807) is 43.5 Å². The molecule has 1 aromatic heterocycles. The number of benzene rings is 2. The first kappa shape index (κ1) is 23.6. The van der Waals surface area contributed by atoms with Gasteiger partial charge in [0.15, 0.2) is 0 Å². The number of aliphatic hydroxyl groups is 1. The number of carbonyl (C=O) groups is 2. The number of amides is 1. The van der Waals surface area contributed by atoms with E-state index in [2.05, 4.69) is 0 Å². The predicted molar refractivity (Wildman–Crippen MR) is 123 cm³/mol. The predicted octanol–water partition coefficient (Wildman–Crippen LogP) is 6.02. The van der Waals surface area contributed by atoms with Crippen LogP contribution in [0.3, 0.4) is 0 Å². The summed E-state index contributed by atoms with van der Waals surface area (Å²) in [5, 5.41) is 13.0. The van der Waals surface area contributed by atoms with Gasteiger partial charge in [-0.2, -0.15) is 13.2 Å². The molecular formula is C25H20F3NO4S. The molecule has 1 unspecified atom stereocenters. The lowest BCUT2D eigenvalue weighted by Gasteiger charge is -2.25. The maximum absolute atomic E-state index is 13.4. The number of Topliss-reactive ketones (excluding diaryl/α,β-unsaturated/α-hetero) is 1. The molecule has 1 amide bonds. The van der Waals surface area contributed by atoms with Crippen molar-refractivity contribution in [3.63, 3.8) is 0 Å². The van der Waals surface area contributed by atoms with E-state index >= 15 is 0 Å². The lowest BCUT2D eigenvalue weighted by molar-refractivity contribution is -0.137. The molecule has 1 atom stereocenters. The Morgan fingerprint density at radius 1 is 1.09 bits per heavy atom. The fourth-order valence-corrected chi connectivity index (χ4v) is 5.02. The molecule has 0 spiro atoms. The normalized spacial score (nSPS) is 17.9. The van der Waals surface area contributed by atoms with Crippen molar-refractivity contribution < 1.29 is 32.6 Å². The van der Waals surface area contributed by atoms with Gasteiger partial charge in [-0.05, 0) is 61.2 Å². The number of aliphatic hydroxyl groups excluding tert-OH is 1. The third kappa shape index (κ3) is 3.96. The molecule has 1 saturated heterocycles. The maximum Gasteiger partial charge on any atom is 0.416 e. The molecule has 176 valence electrons. The van der Waals surface area contributed by atoms with Crippen LogP contribution in [-0.2, 0) is 15.8 Å². The smallest absolute Gasteiger partial charge is 0.416 e. The van der Waals surface area contributed by atoms with Crippen molar-refractivity contribution in [2.24, 2.45) is 0 Å². The maximum atomic E-state index is 13.4. The van der Waals surface area contributed by atoms with Gasteiger partial charge in [-0.3, -0.25) is 14.5 Å². The van der Waals surface area contributed by atoms with Crippen LogP contribution in [0.2, 0.25) is 0 Å². The van der Waals surface area contributed by atoms with Crippen molar-refractivity contribution in [1.29, 1.82) is 0 Å². The van der Waals surface area contributed by atoms with Gasteiger partial charge in [0, 0.05) is 10.6 Å². The van der Waals surface area contributed by atoms with Gasteiger partial charge in [-0.15, -0.1) is 11.3 Å². The molecule has 1 N–H and O–H groups in total. The second kappa shape index (κ2) is 8.64. The minimum atomic E-state index is -4.63. The molecule has 3 aromatic rings. The Labute approximate surface area is 197 Å². The highest BCUT2D eigenvalue weighted by Crippen LogP contribution is 2.46. The topological polar surface area (TPSA) is 66.8 Å². The van der Waals surface area contributed by atoms with Gasteiger partial charge < -0.3 is 9.84 Å². The van der Waals surface area contributed by atoms with Crippen LogP contribution in [-0.4, -0.2) is 23.9 Å². The fraction of sp³-hybridized carbons (Fsp3) is 0.200. The Hall–Kier alpha value is -3.59. The number of hydrogen-bond donors (Lipinski definition) is 1. The Kier molecular flexibility index (Phi) is 5.99. The molecule has 0 saturated carbocycles. The molecule has 1 fully saturated rings. The van der Waals surface area contributed by atoms with Crippen molar-refractivity contribution in [3.8, 4) is 5.75 Å². The van der Waals surface area contributed by atoms with E-state index in [1.807, 2.05) is 0 Å². The number of thiophene rings is 1. The Morgan fingerprint density at radius 2 is 1.82 bits per heavy atom. The monoisotopic (exact) mass is 487 g/mol. The largest absolute Gasteiger partial charge is 0.507 e. The number of aryl methyl sites for hydroxylation is 2. The summed E-state index contributed by atoms with van der Waals surface area (Å²) in [5.74, 6) is -2.18. The summed E-state index contributed by atoms with van der Waals surface area (Å²) in [6, 6.07) is 9.91. The summed E-state index contributed by atoms with van der Waals surface area (Å²) >= 11 is 1.24. The van der Waals surface area contributed by atoms with E-state index in [9.17, 15) is 27.9 Å². The van der Waals surface area contributed by atoms with Crippen LogP contribution in [0.4, 0.5) is 18.9 Å². The highest BCUT2D eigenvalue weighted by molar-refractivity contribution is 7.10. The molecule has 34 heavy (non-hydrogen) atoms. The quantitative estimate of drug-likeness (QED) is 0.278. The van der Waals surface area contributed by atoms with Crippen LogP contribution in [0.15, 0.2) is 59.5 Å². The van der Waals surface area contributed by atoms with E-state index in [0.717, 1.165) is 28.2 Å². The molecule has 0 radical (unpaired) electrons. The average Bonchev–Trinajstić information content (AvgIpc) is 3.33. The number of rotatable bonds is 4. The van der Waals surface area contributed by atoms with Gasteiger partial charge in [-0.25, -0.2) is 0 Å². The van der Waals surface area contributed by atoms with E-state index in [1.165, 1.54) is 30.6 Å². The minimum Gasteiger partial charge on any atom is -0.507 e. The minimum absolute atomic E-state index is 0.0926. The lowest BCUT2D eigenvalue weighted by Crippen LogP contribution is -2.29. The molecule has 2 heterocycles. The van der Waals surface area contributed by atoms with Crippen LogP contribution < -0.4 is 9.64 Å². The van der Waals surface area contributed by atoms with Crippen molar-refractivity contribution in [1.82, 2.24) is 0 Å². The van der Waals surface area contributed by atoms with Crippen LogP contribution >= 0.6 is 11.3 Å². The Morgan fingerprint density at radius 3 is 2.44 bits per heavy atom. The number of hydrogen-bond acceptors (Lipinski definition) is 5. The molecule has 1 aliphatic rings. The zero-order valence-corrected chi connectivity index (χ0v) is 19.3. The summed E-state index contributed by atoms with van der Waals surface area (Å²) in [6.07, 6.45) is -4.63. The molecule has 0 aliphatic carbocycles. The van der Waals surface area contributed by atoms with Gasteiger partial charge in [0.2, 0.25) is 0 Å². The number of nitrogens with zero attached hydrogens (tertiary/aromatic N) is 1. The third-order valence-electron chi connectivity index (χ3n) is 5.66. The molecule has 2 aromatic carbocycles. The second-order valence-corrected chi connectivity index (χ2v) is 8.84. The Bertz CT molecular complexity index is 1330. The van der Waals surface area contributed by atoms with Crippen LogP contribution in [0.25, 0.3) is 5.76 Å². The molecular weight excluding hydrogens is 467 g/mol. The van der Waals surface area contributed by atoms with Gasteiger partial charge in [0.05, 0.1) is 23.8 Å². The first-order valence-electron chi connectivity index (χ1n) is 10.2. The van der Waals surface area contributed by atoms with Gasteiger partial charge in [0.1, 0.15) is 17.6 Å². The molecule has 9 heteroatoms. The standard InChI is InChI=1S/C25H20F3NO4S/c1-13-7-8-18(33-3)17(11-13)21(30)19-20(23-14(2)9-10-34-23)29(24(32)22(19)31)16-6-4-5-15(12-16)25(26,27)28/h4-12,20,30H,1-3H3/b21-19-. The summed E-state index contributed by atoms with van der Waals surface area (Å²) in [6.45, 7) is 3.56. The van der Waals surface area contributed by atoms with Crippen LogP contribution in [0, 0.1) is 13.8 Å². The van der Waals surface area contributed by atoms with Gasteiger partial charge >= 0.3 is 6.18 Å². The SMILES string of the molecule is COc1ccc(C)cc1/C(O)=C1/C(=O)C(=O)N(c2cccc(C(F)(F)F)c2)C1c1sccc1C. The number of alkyl halides is 3. The van der Waals surface area contributed by atoms with E-state index < -0.39 is 35.2 Å². The van der Waals surface area contributed by atoms with Crippen molar-refractivity contribution in [2.75, 3.05) is 12.0 Å². The number of halogens is 3. The first-order valence-corrected chi connectivity index (χ1v) is 11.1. The molecule has 4 rings (SSSR count). The summed E-state index contributed by atoms with van der Waals surface area (Å²) in [5.41, 5.74) is 0.466. The second-order valence-electron chi connectivity index (χ2n) is 7.89. The summed E-state index contributed by atoms with van der Waals surface area (Å²) in [7, 11) is 1.41. The van der Waals surface area contributed by atoms with Crippen LogP contribution in [0.1, 0.15) is 33.2 Å². The number of ether oxygens (including phenoxy) is 1. The van der Waals surface area contributed by atoms with E-state index in [4.69, 9.17) is 4.74 Å². The third-order valence-corrected chi connectivity index (χ3v) is 6.73. The number of anilines is 1. The van der Waals surface area contributed by atoms with Crippen LogP contribution in [0.5, 0.6) is 5.75 Å². The molecule has 1 aliphatic heterocycles. The zero-order chi connectivity index (χ0) is 24.8. The molecule has 5 nitrogen and oxygen atoms in total. The number of methoxy groups -OCH3 is 1. The first-order chi connectivity index (χ1) is 16.0. The van der Waals surface area contributed by atoms with Crippen molar-refractivity contribution in [3.05, 3.63) is 86.6 Å². The van der Waals surface area contributed by atoms with E-state index in [-0.39, 0.29) is 22.6 Å². The highest BCUT2D eigenvalue weighted by atomic mass is 32.1. The fourth-order valence-electron chi connectivity index (χ4n) is 4.00. The summed E-state index contributed by atoms with van der Waals surface area (Å²) < 4.78 is 45.5. The number of carbonyl (C=O) groups excluding carboxylic acids is 2. The summed E-state index contributed by atoms with van der Waals surface area (Å²) in [4.78, 5) is 28.0. The average molecular weight is 487 g/mol.